The summed E-state index contributed by atoms with van der Waals surface area (Å²) in [5.41, 5.74) is 3.16. The molecular weight excluding hydrogens is 444 g/mol. The highest BCUT2D eigenvalue weighted by Gasteiger charge is 2.23. The van der Waals surface area contributed by atoms with Gasteiger partial charge in [0.05, 0.1) is 52.0 Å². The zero-order chi connectivity index (χ0) is 24.5. The van der Waals surface area contributed by atoms with Gasteiger partial charge in [0.15, 0.2) is 11.5 Å². The second-order valence-electron chi connectivity index (χ2n) is 7.03. The van der Waals surface area contributed by atoms with Crippen LogP contribution < -0.4 is 25.0 Å². The molecule has 0 aliphatic carbocycles. The van der Waals surface area contributed by atoms with E-state index in [1.54, 1.807) is 41.3 Å². The number of benzene rings is 2. The number of para-hydroxylation sites is 1. The Morgan fingerprint density at radius 2 is 1.65 bits per heavy atom. The van der Waals surface area contributed by atoms with E-state index in [0.29, 0.717) is 49.1 Å². The maximum absolute atomic E-state index is 12.8. The number of hydrazone groups is 1. The third-order valence-electron chi connectivity index (χ3n) is 5.01. The second-order valence-corrected chi connectivity index (χ2v) is 7.03. The van der Waals surface area contributed by atoms with Crippen LogP contribution in [0.15, 0.2) is 41.5 Å². The largest absolute Gasteiger partial charge is 0.493 e. The summed E-state index contributed by atoms with van der Waals surface area (Å²) < 4.78 is 21.1. The first-order valence-corrected chi connectivity index (χ1v) is 10.4. The number of hydrogen-bond donors (Lipinski definition) is 2. The van der Waals surface area contributed by atoms with Crippen LogP contribution in [0.4, 0.5) is 5.69 Å². The van der Waals surface area contributed by atoms with Crippen LogP contribution >= 0.6 is 0 Å². The van der Waals surface area contributed by atoms with Crippen LogP contribution in [-0.2, 0) is 14.3 Å². The van der Waals surface area contributed by atoms with Crippen molar-refractivity contribution in [2.45, 2.75) is 0 Å². The average molecular weight is 470 g/mol. The average Bonchev–Trinajstić information content (AvgIpc) is 2.88. The molecule has 1 aliphatic heterocycles. The van der Waals surface area contributed by atoms with Crippen molar-refractivity contribution in [2.24, 2.45) is 5.10 Å². The fourth-order valence-electron chi connectivity index (χ4n) is 3.33. The number of hydrogen-bond acceptors (Lipinski definition) is 8. The molecule has 180 valence electrons. The predicted octanol–water partition coefficient (Wildman–Crippen LogP) is 1.27. The maximum Gasteiger partial charge on any atom is 0.329 e. The Hall–Kier alpha value is -4.12. The summed E-state index contributed by atoms with van der Waals surface area (Å²) in [5, 5.41) is 6.29. The van der Waals surface area contributed by atoms with Gasteiger partial charge in [0.25, 0.3) is 5.91 Å². The number of morpholine rings is 1. The molecule has 0 radical (unpaired) electrons. The molecule has 3 amide bonds. The monoisotopic (exact) mass is 470 g/mol. The Labute approximate surface area is 196 Å². The molecule has 2 N–H and O–H groups in total. The Morgan fingerprint density at radius 1 is 0.941 bits per heavy atom. The fraction of sp³-hybridized carbons (Fsp3) is 0.304. The van der Waals surface area contributed by atoms with Gasteiger partial charge in [-0.25, -0.2) is 5.43 Å². The summed E-state index contributed by atoms with van der Waals surface area (Å²) in [5.74, 6) is -1.06. The van der Waals surface area contributed by atoms with Gasteiger partial charge in [-0.3, -0.25) is 14.4 Å². The van der Waals surface area contributed by atoms with Crippen molar-refractivity contribution in [1.82, 2.24) is 10.3 Å². The number of nitrogens with one attached hydrogen (secondary N) is 2. The number of anilines is 1. The Morgan fingerprint density at radius 3 is 2.32 bits per heavy atom. The van der Waals surface area contributed by atoms with Crippen LogP contribution in [0.25, 0.3) is 0 Å². The Bertz CT molecular complexity index is 1080. The van der Waals surface area contributed by atoms with E-state index in [4.69, 9.17) is 18.9 Å². The van der Waals surface area contributed by atoms with Crippen LogP contribution in [0, 0.1) is 0 Å². The quantitative estimate of drug-likeness (QED) is 0.354. The van der Waals surface area contributed by atoms with Gasteiger partial charge in [-0.15, -0.1) is 0 Å². The van der Waals surface area contributed by atoms with E-state index in [1.807, 2.05) is 0 Å². The van der Waals surface area contributed by atoms with E-state index < -0.39 is 11.8 Å². The Kier molecular flexibility index (Phi) is 8.41. The number of amides is 3. The lowest BCUT2D eigenvalue weighted by Gasteiger charge is -2.27. The van der Waals surface area contributed by atoms with Crippen molar-refractivity contribution in [2.75, 3.05) is 52.9 Å². The standard InChI is InChI=1S/C23H26N4O7/c1-31-18-9-8-15(19(32-2)20(18)33-3)14-24-26-22(29)21(28)25-17-7-5-4-6-16(17)23(30)27-10-12-34-13-11-27/h4-9,14H,10-13H2,1-3H3,(H,25,28)(H,26,29)/b24-14+. The first kappa shape index (κ1) is 24.5. The summed E-state index contributed by atoms with van der Waals surface area (Å²) in [6, 6.07) is 9.79. The van der Waals surface area contributed by atoms with Crippen molar-refractivity contribution in [3.8, 4) is 17.2 Å². The highest BCUT2D eigenvalue weighted by molar-refractivity contribution is 6.40. The highest BCUT2D eigenvalue weighted by atomic mass is 16.5. The summed E-state index contributed by atoms with van der Waals surface area (Å²) in [7, 11) is 4.42. The summed E-state index contributed by atoms with van der Waals surface area (Å²) in [6.07, 6.45) is 1.31. The molecule has 1 aliphatic rings. The zero-order valence-electron chi connectivity index (χ0n) is 19.1. The van der Waals surface area contributed by atoms with Crippen molar-refractivity contribution in [3.05, 3.63) is 47.5 Å². The lowest BCUT2D eigenvalue weighted by molar-refractivity contribution is -0.136. The maximum atomic E-state index is 12.8. The normalized spacial score (nSPS) is 13.3. The molecule has 2 aromatic carbocycles. The SMILES string of the molecule is COc1ccc(/C=N/NC(=O)C(=O)Nc2ccccc2C(=O)N2CCOCC2)c(OC)c1OC. The van der Waals surface area contributed by atoms with Gasteiger partial charge in [-0.1, -0.05) is 12.1 Å². The number of carbonyl (C=O) groups excluding carboxylic acids is 3. The highest BCUT2D eigenvalue weighted by Crippen LogP contribution is 2.38. The van der Waals surface area contributed by atoms with Crippen molar-refractivity contribution in [1.29, 1.82) is 0 Å². The Balaban J connectivity index is 1.67. The van der Waals surface area contributed by atoms with Crippen molar-refractivity contribution < 1.29 is 33.3 Å². The van der Waals surface area contributed by atoms with Gasteiger partial charge in [0.2, 0.25) is 5.75 Å². The van der Waals surface area contributed by atoms with Gasteiger partial charge in [0, 0.05) is 18.7 Å². The number of methoxy groups -OCH3 is 3. The number of nitrogens with zero attached hydrogens (tertiary/aromatic N) is 2. The molecule has 1 saturated heterocycles. The minimum absolute atomic E-state index is 0.227. The molecule has 2 aromatic rings. The number of rotatable bonds is 7. The molecule has 1 heterocycles. The number of carbonyl (C=O) groups is 3. The van der Waals surface area contributed by atoms with E-state index in [1.165, 1.54) is 27.5 Å². The van der Waals surface area contributed by atoms with Crippen LogP contribution in [0.3, 0.4) is 0 Å². The molecular formula is C23H26N4O7. The van der Waals surface area contributed by atoms with E-state index in [9.17, 15) is 14.4 Å². The zero-order valence-corrected chi connectivity index (χ0v) is 19.1. The molecule has 0 aromatic heterocycles. The molecule has 0 atom stereocenters. The number of ether oxygens (including phenoxy) is 4. The van der Waals surface area contributed by atoms with E-state index >= 15 is 0 Å². The van der Waals surface area contributed by atoms with Gasteiger partial charge in [-0.2, -0.15) is 5.10 Å². The van der Waals surface area contributed by atoms with Crippen LogP contribution in [-0.4, -0.2) is 76.5 Å². The van der Waals surface area contributed by atoms with E-state index in [2.05, 4.69) is 15.8 Å². The minimum atomic E-state index is -1.01. The third kappa shape index (κ3) is 5.62. The molecule has 0 bridgehead atoms. The second kappa shape index (κ2) is 11.7. The van der Waals surface area contributed by atoms with Crippen molar-refractivity contribution >= 4 is 29.6 Å². The molecule has 0 spiro atoms. The lowest BCUT2D eigenvalue weighted by atomic mass is 10.1. The molecule has 3 rings (SSSR count). The molecule has 11 nitrogen and oxygen atoms in total. The van der Waals surface area contributed by atoms with Crippen LogP contribution in [0.5, 0.6) is 17.2 Å². The summed E-state index contributed by atoms with van der Waals surface area (Å²) in [4.78, 5) is 39.1. The molecule has 0 unspecified atom stereocenters. The third-order valence-corrected chi connectivity index (χ3v) is 5.01. The minimum Gasteiger partial charge on any atom is -0.493 e. The lowest BCUT2D eigenvalue weighted by Crippen LogP contribution is -2.41. The molecule has 34 heavy (non-hydrogen) atoms. The molecule has 0 saturated carbocycles. The predicted molar refractivity (Wildman–Crippen MR) is 124 cm³/mol. The van der Waals surface area contributed by atoms with Gasteiger partial charge < -0.3 is 29.2 Å². The summed E-state index contributed by atoms with van der Waals surface area (Å²) in [6.45, 7) is 1.81. The smallest absolute Gasteiger partial charge is 0.329 e. The first-order valence-electron chi connectivity index (χ1n) is 10.4. The van der Waals surface area contributed by atoms with E-state index in [0.717, 1.165) is 0 Å². The van der Waals surface area contributed by atoms with Crippen LogP contribution in [0.1, 0.15) is 15.9 Å². The van der Waals surface area contributed by atoms with Gasteiger partial charge >= 0.3 is 11.8 Å². The van der Waals surface area contributed by atoms with Crippen LogP contribution in [0.2, 0.25) is 0 Å². The topological polar surface area (TPSA) is 128 Å². The first-order chi connectivity index (χ1) is 16.5. The van der Waals surface area contributed by atoms with Crippen molar-refractivity contribution in [3.63, 3.8) is 0 Å². The van der Waals surface area contributed by atoms with E-state index in [-0.39, 0.29) is 17.2 Å². The summed E-state index contributed by atoms with van der Waals surface area (Å²) >= 11 is 0. The van der Waals surface area contributed by atoms with Gasteiger partial charge in [-0.05, 0) is 24.3 Å². The van der Waals surface area contributed by atoms with Gasteiger partial charge in [0.1, 0.15) is 0 Å². The molecule has 11 heteroatoms. The fourth-order valence-corrected chi connectivity index (χ4v) is 3.33. The molecule has 1 fully saturated rings.